The van der Waals surface area contributed by atoms with E-state index in [0.29, 0.717) is 5.15 Å². The first-order valence-corrected chi connectivity index (χ1v) is 6.12. The molecule has 4 heteroatoms. The summed E-state index contributed by atoms with van der Waals surface area (Å²) in [5, 5.41) is 1.34. The molecule has 0 aliphatic rings. The summed E-state index contributed by atoms with van der Waals surface area (Å²) < 4.78 is 5.16. The molecule has 0 bridgehead atoms. The standard InChI is InChI=1S/C13H15ClN2O/c1-3-4-5-12-15-11-7-6-9(17-2)8-10(11)13(14)16-12/h6-8H,3-5H2,1-2H3. The smallest absolute Gasteiger partial charge is 0.140 e. The molecule has 0 unspecified atom stereocenters. The molecule has 0 N–H and O–H groups in total. The number of nitrogens with zero attached hydrogens (tertiary/aromatic N) is 2. The average molecular weight is 251 g/mol. The van der Waals surface area contributed by atoms with Gasteiger partial charge in [0.05, 0.1) is 12.6 Å². The zero-order valence-corrected chi connectivity index (χ0v) is 10.8. The van der Waals surface area contributed by atoms with Crippen molar-refractivity contribution >= 4 is 22.5 Å². The predicted molar refractivity (Wildman–Crippen MR) is 69.7 cm³/mol. The second-order valence-electron chi connectivity index (χ2n) is 3.92. The van der Waals surface area contributed by atoms with E-state index in [1.807, 2.05) is 18.2 Å². The zero-order chi connectivity index (χ0) is 12.3. The van der Waals surface area contributed by atoms with E-state index in [9.17, 15) is 0 Å². The summed E-state index contributed by atoms with van der Waals surface area (Å²) in [6, 6.07) is 5.66. The minimum atomic E-state index is 0.500. The molecule has 2 rings (SSSR count). The van der Waals surface area contributed by atoms with Crippen LogP contribution in [-0.2, 0) is 6.42 Å². The molecular weight excluding hydrogens is 236 g/mol. The van der Waals surface area contributed by atoms with Crippen LogP contribution >= 0.6 is 11.6 Å². The van der Waals surface area contributed by atoms with Crippen molar-refractivity contribution in [2.45, 2.75) is 26.2 Å². The molecule has 0 saturated heterocycles. The molecule has 0 aliphatic carbocycles. The van der Waals surface area contributed by atoms with Gasteiger partial charge in [0.15, 0.2) is 0 Å². The minimum absolute atomic E-state index is 0.500. The molecule has 1 heterocycles. The molecule has 0 fully saturated rings. The molecule has 0 aliphatic heterocycles. The number of methoxy groups -OCH3 is 1. The van der Waals surface area contributed by atoms with E-state index in [4.69, 9.17) is 16.3 Å². The number of unbranched alkanes of at least 4 members (excludes halogenated alkanes) is 1. The van der Waals surface area contributed by atoms with Crippen LogP contribution in [0.25, 0.3) is 10.9 Å². The Kier molecular flexibility index (Phi) is 3.79. The lowest BCUT2D eigenvalue weighted by atomic mass is 10.2. The number of aromatic nitrogens is 2. The van der Waals surface area contributed by atoms with E-state index in [1.54, 1.807) is 7.11 Å². The molecule has 3 nitrogen and oxygen atoms in total. The van der Waals surface area contributed by atoms with Crippen LogP contribution in [0.1, 0.15) is 25.6 Å². The van der Waals surface area contributed by atoms with Crippen LogP contribution < -0.4 is 4.74 Å². The molecule has 0 spiro atoms. The van der Waals surface area contributed by atoms with Gasteiger partial charge < -0.3 is 4.74 Å². The van der Waals surface area contributed by atoms with Gasteiger partial charge >= 0.3 is 0 Å². The summed E-state index contributed by atoms with van der Waals surface area (Å²) >= 11 is 6.16. The number of hydrogen-bond acceptors (Lipinski definition) is 3. The quantitative estimate of drug-likeness (QED) is 0.778. The Labute approximate surface area is 106 Å². The highest BCUT2D eigenvalue weighted by Gasteiger charge is 2.06. The van der Waals surface area contributed by atoms with Crippen molar-refractivity contribution in [1.29, 1.82) is 0 Å². The van der Waals surface area contributed by atoms with Gasteiger partial charge in [-0.25, -0.2) is 9.97 Å². The van der Waals surface area contributed by atoms with Crippen LogP contribution in [0.4, 0.5) is 0 Å². The number of fused-ring (bicyclic) bond motifs is 1. The Morgan fingerprint density at radius 2 is 2.12 bits per heavy atom. The summed E-state index contributed by atoms with van der Waals surface area (Å²) in [6.45, 7) is 2.15. The van der Waals surface area contributed by atoms with Crippen molar-refractivity contribution < 1.29 is 4.74 Å². The molecule has 1 aromatic carbocycles. The summed E-state index contributed by atoms with van der Waals surface area (Å²) in [7, 11) is 1.63. The Bertz CT molecular complexity index is 528. The third-order valence-corrected chi connectivity index (χ3v) is 2.94. The number of benzene rings is 1. The lowest BCUT2D eigenvalue weighted by molar-refractivity contribution is 0.415. The van der Waals surface area contributed by atoms with E-state index in [-0.39, 0.29) is 0 Å². The Morgan fingerprint density at radius 3 is 2.82 bits per heavy atom. The minimum Gasteiger partial charge on any atom is -0.497 e. The first-order chi connectivity index (χ1) is 8.24. The maximum Gasteiger partial charge on any atom is 0.140 e. The van der Waals surface area contributed by atoms with E-state index >= 15 is 0 Å². The van der Waals surface area contributed by atoms with E-state index in [1.165, 1.54) is 0 Å². The van der Waals surface area contributed by atoms with Crippen molar-refractivity contribution in [3.63, 3.8) is 0 Å². The van der Waals surface area contributed by atoms with Crippen LogP contribution in [0.3, 0.4) is 0 Å². The lowest BCUT2D eigenvalue weighted by Gasteiger charge is -2.05. The van der Waals surface area contributed by atoms with Crippen molar-refractivity contribution in [2.24, 2.45) is 0 Å². The van der Waals surface area contributed by atoms with Gasteiger partial charge in [-0.1, -0.05) is 24.9 Å². The zero-order valence-electron chi connectivity index (χ0n) is 10.0. The molecule has 0 radical (unpaired) electrons. The highest BCUT2D eigenvalue weighted by molar-refractivity contribution is 6.34. The first-order valence-electron chi connectivity index (χ1n) is 5.74. The summed E-state index contributed by atoms with van der Waals surface area (Å²) in [5.41, 5.74) is 0.872. The largest absolute Gasteiger partial charge is 0.497 e. The number of aryl methyl sites for hydroxylation is 1. The summed E-state index contributed by atoms with van der Waals surface area (Å²) in [4.78, 5) is 8.81. The molecule has 0 atom stereocenters. The fourth-order valence-corrected chi connectivity index (χ4v) is 1.94. The van der Waals surface area contributed by atoms with Gasteiger partial charge in [-0.2, -0.15) is 0 Å². The Morgan fingerprint density at radius 1 is 1.29 bits per heavy atom. The van der Waals surface area contributed by atoms with Gasteiger partial charge in [0.1, 0.15) is 16.7 Å². The number of ether oxygens (including phenoxy) is 1. The van der Waals surface area contributed by atoms with Gasteiger partial charge in [0.25, 0.3) is 0 Å². The average Bonchev–Trinajstić information content (AvgIpc) is 2.36. The van der Waals surface area contributed by atoms with Gasteiger partial charge in [-0.15, -0.1) is 0 Å². The van der Waals surface area contributed by atoms with E-state index in [2.05, 4.69) is 16.9 Å². The summed E-state index contributed by atoms with van der Waals surface area (Å²) in [6.07, 6.45) is 3.08. The van der Waals surface area contributed by atoms with Crippen molar-refractivity contribution in [2.75, 3.05) is 7.11 Å². The van der Waals surface area contributed by atoms with Gasteiger partial charge in [0, 0.05) is 11.8 Å². The Balaban J connectivity index is 2.44. The van der Waals surface area contributed by atoms with Crippen LogP contribution in [0.15, 0.2) is 18.2 Å². The lowest BCUT2D eigenvalue weighted by Crippen LogP contribution is -1.97. The number of halogens is 1. The highest BCUT2D eigenvalue weighted by atomic mass is 35.5. The number of hydrogen-bond donors (Lipinski definition) is 0. The second-order valence-corrected chi connectivity index (χ2v) is 4.28. The normalized spacial score (nSPS) is 10.8. The fourth-order valence-electron chi connectivity index (χ4n) is 1.69. The molecule has 0 saturated carbocycles. The Hall–Kier alpha value is -1.35. The third kappa shape index (κ3) is 2.67. The SMILES string of the molecule is CCCCc1nc(Cl)c2cc(OC)ccc2n1. The van der Waals surface area contributed by atoms with Crippen LogP contribution in [0.5, 0.6) is 5.75 Å². The van der Waals surface area contributed by atoms with E-state index in [0.717, 1.165) is 41.7 Å². The molecular formula is C13H15ClN2O. The molecule has 2 aromatic rings. The molecule has 0 amide bonds. The molecule has 90 valence electrons. The van der Waals surface area contributed by atoms with Crippen molar-refractivity contribution in [3.05, 3.63) is 29.2 Å². The van der Waals surface area contributed by atoms with Gasteiger partial charge in [-0.05, 0) is 24.6 Å². The number of rotatable bonds is 4. The summed E-state index contributed by atoms with van der Waals surface area (Å²) in [5.74, 6) is 1.58. The van der Waals surface area contributed by atoms with Crippen molar-refractivity contribution in [3.8, 4) is 5.75 Å². The highest BCUT2D eigenvalue weighted by Crippen LogP contribution is 2.25. The van der Waals surface area contributed by atoms with Crippen LogP contribution in [-0.4, -0.2) is 17.1 Å². The maximum atomic E-state index is 6.16. The van der Waals surface area contributed by atoms with Gasteiger partial charge in [-0.3, -0.25) is 0 Å². The fraction of sp³-hybridized carbons (Fsp3) is 0.385. The predicted octanol–water partition coefficient (Wildman–Crippen LogP) is 3.63. The van der Waals surface area contributed by atoms with Gasteiger partial charge in [0.2, 0.25) is 0 Å². The van der Waals surface area contributed by atoms with Crippen LogP contribution in [0, 0.1) is 0 Å². The maximum absolute atomic E-state index is 6.16. The van der Waals surface area contributed by atoms with Crippen molar-refractivity contribution in [1.82, 2.24) is 9.97 Å². The molecule has 1 aromatic heterocycles. The first kappa shape index (κ1) is 12.1. The molecule has 17 heavy (non-hydrogen) atoms. The monoisotopic (exact) mass is 250 g/mol. The topological polar surface area (TPSA) is 35.0 Å². The van der Waals surface area contributed by atoms with E-state index < -0.39 is 0 Å². The van der Waals surface area contributed by atoms with Crippen LogP contribution in [0.2, 0.25) is 5.15 Å². The second kappa shape index (κ2) is 5.32. The third-order valence-electron chi connectivity index (χ3n) is 2.66.